The molecule has 0 radical (unpaired) electrons. The Morgan fingerprint density at radius 2 is 2.14 bits per heavy atom. The van der Waals surface area contributed by atoms with Crippen LogP contribution in [-0.4, -0.2) is 19.0 Å². The Balaban J connectivity index is 1.69. The molecule has 0 saturated heterocycles. The monoisotopic (exact) mass is 358 g/mol. The van der Waals surface area contributed by atoms with Gasteiger partial charge in [-0.3, -0.25) is 4.79 Å². The minimum atomic E-state index is -0.0447. The van der Waals surface area contributed by atoms with Crippen LogP contribution in [0.5, 0.6) is 0 Å². The second-order valence-electron chi connectivity index (χ2n) is 5.65. The fraction of sp³-hybridized carbons (Fsp3) is 0.278. The average Bonchev–Trinajstić information content (AvgIpc) is 2.52. The summed E-state index contributed by atoms with van der Waals surface area (Å²) in [7, 11) is 0. The van der Waals surface area contributed by atoms with Crippen molar-refractivity contribution in [1.29, 1.82) is 0 Å². The third-order valence-corrected chi connectivity index (χ3v) is 4.71. The lowest BCUT2D eigenvalue weighted by Crippen LogP contribution is -2.38. The first kappa shape index (κ1) is 15.3. The van der Waals surface area contributed by atoms with E-state index in [0.717, 1.165) is 23.0 Å². The lowest BCUT2D eigenvalue weighted by atomic mass is 9.94. The van der Waals surface area contributed by atoms with Crippen LogP contribution in [0.25, 0.3) is 0 Å². The predicted molar refractivity (Wildman–Crippen MR) is 92.1 cm³/mol. The standard InChI is InChI=1S/C18H19BrN2O/c1-12-6-7-15(16(19)10-12)18(22)21-11-17-14-5-3-2-4-13(14)8-9-20-17/h2-7,10,17,20H,8-9,11H2,1H3,(H,21,22). The molecular weight excluding hydrogens is 340 g/mol. The van der Waals surface area contributed by atoms with E-state index in [-0.39, 0.29) is 11.9 Å². The van der Waals surface area contributed by atoms with Gasteiger partial charge in [0.15, 0.2) is 0 Å². The van der Waals surface area contributed by atoms with Crippen LogP contribution in [-0.2, 0) is 6.42 Å². The summed E-state index contributed by atoms with van der Waals surface area (Å²) in [5.41, 5.74) is 4.47. The van der Waals surface area contributed by atoms with Gasteiger partial charge in [-0.2, -0.15) is 0 Å². The van der Waals surface area contributed by atoms with Gasteiger partial charge in [0, 0.05) is 17.1 Å². The Labute approximate surface area is 139 Å². The van der Waals surface area contributed by atoms with E-state index in [1.807, 2.05) is 25.1 Å². The van der Waals surface area contributed by atoms with Gasteiger partial charge in [-0.05, 0) is 64.6 Å². The summed E-state index contributed by atoms with van der Waals surface area (Å²) in [5.74, 6) is -0.0447. The minimum absolute atomic E-state index is 0.0447. The zero-order valence-electron chi connectivity index (χ0n) is 12.5. The number of carbonyl (C=O) groups excluding carboxylic acids is 1. The van der Waals surface area contributed by atoms with Crippen LogP contribution < -0.4 is 10.6 Å². The highest BCUT2D eigenvalue weighted by Gasteiger charge is 2.20. The molecule has 3 rings (SSSR count). The molecule has 1 atom stereocenters. The number of amides is 1. The number of aryl methyl sites for hydroxylation is 1. The Hall–Kier alpha value is -1.65. The first-order chi connectivity index (χ1) is 10.6. The van der Waals surface area contributed by atoms with Crippen molar-refractivity contribution in [3.63, 3.8) is 0 Å². The van der Waals surface area contributed by atoms with Crippen molar-refractivity contribution in [2.75, 3.05) is 13.1 Å². The molecule has 114 valence electrons. The van der Waals surface area contributed by atoms with Crippen molar-refractivity contribution in [1.82, 2.24) is 10.6 Å². The normalized spacial score (nSPS) is 16.9. The smallest absolute Gasteiger partial charge is 0.252 e. The molecular formula is C18H19BrN2O. The Morgan fingerprint density at radius 1 is 1.32 bits per heavy atom. The largest absolute Gasteiger partial charge is 0.350 e. The molecule has 0 aliphatic carbocycles. The minimum Gasteiger partial charge on any atom is -0.350 e. The van der Waals surface area contributed by atoms with Gasteiger partial charge in [-0.25, -0.2) is 0 Å². The highest BCUT2D eigenvalue weighted by atomic mass is 79.9. The summed E-state index contributed by atoms with van der Waals surface area (Å²) in [4.78, 5) is 12.4. The van der Waals surface area contributed by atoms with Crippen molar-refractivity contribution in [2.24, 2.45) is 0 Å². The molecule has 0 aromatic heterocycles. The summed E-state index contributed by atoms with van der Waals surface area (Å²) in [6.07, 6.45) is 1.05. The molecule has 1 heterocycles. The van der Waals surface area contributed by atoms with E-state index in [9.17, 15) is 4.79 Å². The zero-order chi connectivity index (χ0) is 15.5. The van der Waals surface area contributed by atoms with Gasteiger partial charge in [0.2, 0.25) is 0 Å². The molecule has 1 amide bonds. The van der Waals surface area contributed by atoms with Gasteiger partial charge >= 0.3 is 0 Å². The van der Waals surface area contributed by atoms with Crippen molar-refractivity contribution in [2.45, 2.75) is 19.4 Å². The third-order valence-electron chi connectivity index (χ3n) is 4.05. The number of fused-ring (bicyclic) bond motifs is 1. The molecule has 2 aromatic carbocycles. The number of nitrogens with one attached hydrogen (secondary N) is 2. The highest BCUT2D eigenvalue weighted by Crippen LogP contribution is 2.22. The van der Waals surface area contributed by atoms with Crippen LogP contribution in [0.1, 0.15) is 33.1 Å². The van der Waals surface area contributed by atoms with Crippen LogP contribution in [0.4, 0.5) is 0 Å². The maximum absolute atomic E-state index is 12.4. The molecule has 0 saturated carbocycles. The fourth-order valence-corrected chi connectivity index (χ4v) is 3.54. The Morgan fingerprint density at radius 3 is 2.95 bits per heavy atom. The van der Waals surface area contributed by atoms with Gasteiger partial charge in [-0.1, -0.05) is 30.3 Å². The van der Waals surface area contributed by atoms with E-state index in [2.05, 4.69) is 50.8 Å². The van der Waals surface area contributed by atoms with E-state index >= 15 is 0 Å². The topological polar surface area (TPSA) is 41.1 Å². The van der Waals surface area contributed by atoms with Crippen molar-refractivity contribution < 1.29 is 4.79 Å². The molecule has 0 spiro atoms. The molecule has 22 heavy (non-hydrogen) atoms. The molecule has 4 heteroatoms. The predicted octanol–water partition coefficient (Wildman–Crippen LogP) is 3.37. The summed E-state index contributed by atoms with van der Waals surface area (Å²) in [6.45, 7) is 3.55. The Kier molecular flexibility index (Phi) is 4.60. The van der Waals surface area contributed by atoms with Gasteiger partial charge in [0.05, 0.1) is 5.56 Å². The first-order valence-corrected chi connectivity index (χ1v) is 8.30. The lowest BCUT2D eigenvalue weighted by molar-refractivity contribution is 0.0948. The average molecular weight is 359 g/mol. The number of benzene rings is 2. The number of carbonyl (C=O) groups is 1. The maximum atomic E-state index is 12.4. The molecule has 3 nitrogen and oxygen atoms in total. The SMILES string of the molecule is Cc1ccc(C(=O)NCC2NCCc3ccccc32)c(Br)c1. The Bertz CT molecular complexity index is 699. The molecule has 1 aliphatic heterocycles. The van der Waals surface area contributed by atoms with Crippen LogP contribution >= 0.6 is 15.9 Å². The van der Waals surface area contributed by atoms with Crippen LogP contribution in [0.15, 0.2) is 46.9 Å². The number of hydrogen-bond acceptors (Lipinski definition) is 2. The van der Waals surface area contributed by atoms with Gasteiger partial charge in [0.1, 0.15) is 0 Å². The molecule has 1 aliphatic rings. The second-order valence-corrected chi connectivity index (χ2v) is 6.50. The summed E-state index contributed by atoms with van der Waals surface area (Å²) < 4.78 is 0.835. The molecule has 0 bridgehead atoms. The lowest BCUT2D eigenvalue weighted by Gasteiger charge is -2.27. The van der Waals surface area contributed by atoms with Crippen molar-refractivity contribution in [3.8, 4) is 0 Å². The van der Waals surface area contributed by atoms with Crippen LogP contribution in [0, 0.1) is 6.92 Å². The van der Waals surface area contributed by atoms with E-state index in [1.54, 1.807) is 0 Å². The van der Waals surface area contributed by atoms with E-state index in [0.29, 0.717) is 12.1 Å². The maximum Gasteiger partial charge on any atom is 0.252 e. The van der Waals surface area contributed by atoms with E-state index in [4.69, 9.17) is 0 Å². The summed E-state index contributed by atoms with van der Waals surface area (Å²) >= 11 is 3.46. The fourth-order valence-electron chi connectivity index (χ4n) is 2.87. The quantitative estimate of drug-likeness (QED) is 0.882. The first-order valence-electron chi connectivity index (χ1n) is 7.50. The molecule has 1 unspecified atom stereocenters. The van der Waals surface area contributed by atoms with Crippen LogP contribution in [0.3, 0.4) is 0 Å². The molecule has 2 aromatic rings. The number of rotatable bonds is 3. The number of halogens is 1. The van der Waals surface area contributed by atoms with Crippen molar-refractivity contribution in [3.05, 3.63) is 69.2 Å². The molecule has 2 N–H and O–H groups in total. The van der Waals surface area contributed by atoms with E-state index in [1.165, 1.54) is 11.1 Å². The van der Waals surface area contributed by atoms with Gasteiger partial charge in [-0.15, -0.1) is 0 Å². The summed E-state index contributed by atoms with van der Waals surface area (Å²) in [6, 6.07) is 14.4. The third kappa shape index (κ3) is 3.23. The van der Waals surface area contributed by atoms with Gasteiger partial charge < -0.3 is 10.6 Å². The van der Waals surface area contributed by atoms with Gasteiger partial charge in [0.25, 0.3) is 5.91 Å². The molecule has 0 fully saturated rings. The summed E-state index contributed by atoms with van der Waals surface area (Å²) in [5, 5.41) is 6.52. The van der Waals surface area contributed by atoms with Crippen LogP contribution in [0.2, 0.25) is 0 Å². The van der Waals surface area contributed by atoms with Crippen molar-refractivity contribution >= 4 is 21.8 Å². The highest BCUT2D eigenvalue weighted by molar-refractivity contribution is 9.10. The zero-order valence-corrected chi connectivity index (χ0v) is 14.1. The van der Waals surface area contributed by atoms with E-state index < -0.39 is 0 Å². The second kappa shape index (κ2) is 6.63. The number of hydrogen-bond donors (Lipinski definition) is 2.